The minimum absolute atomic E-state index is 0.0628. The number of esters is 1. The summed E-state index contributed by atoms with van der Waals surface area (Å²) in [5.74, 6) is -0.510. The predicted molar refractivity (Wildman–Crippen MR) is 213 cm³/mol. The van der Waals surface area contributed by atoms with E-state index in [0.29, 0.717) is 19.3 Å². The fourth-order valence-corrected chi connectivity index (χ4v) is 6.40. The molecule has 6 heteroatoms. The number of carbonyl (C=O) groups excluding carboxylic acids is 2. The minimum atomic E-state index is -0.787. The molecule has 0 aromatic carbocycles. The third-order valence-electron chi connectivity index (χ3n) is 9.75. The van der Waals surface area contributed by atoms with Crippen molar-refractivity contribution in [3.05, 3.63) is 24.3 Å². The smallest absolute Gasteiger partial charge is 0.306 e. The summed E-state index contributed by atoms with van der Waals surface area (Å²) in [5, 5.41) is 23.5. The van der Waals surface area contributed by atoms with Crippen LogP contribution in [0.5, 0.6) is 0 Å². The van der Waals surface area contributed by atoms with Gasteiger partial charge in [0.1, 0.15) is 6.10 Å². The minimum Gasteiger partial charge on any atom is -0.462 e. The Hall–Kier alpha value is -1.66. The van der Waals surface area contributed by atoms with E-state index in [1.165, 1.54) is 96.3 Å². The van der Waals surface area contributed by atoms with Gasteiger partial charge in [-0.15, -0.1) is 0 Å². The summed E-state index contributed by atoms with van der Waals surface area (Å²) in [6, 6.07) is -0.702. The third kappa shape index (κ3) is 33.5. The molecule has 0 rings (SSSR count). The van der Waals surface area contributed by atoms with E-state index in [0.717, 1.165) is 77.0 Å². The van der Waals surface area contributed by atoms with Crippen LogP contribution >= 0.6 is 0 Å². The van der Waals surface area contributed by atoms with Gasteiger partial charge in [-0.05, 0) is 70.6 Å². The number of ether oxygens (including phenoxy) is 1. The van der Waals surface area contributed by atoms with Gasteiger partial charge in [0.25, 0.3) is 0 Å². The summed E-state index contributed by atoms with van der Waals surface area (Å²) in [6.07, 6.45) is 41.0. The Morgan fingerprint density at radius 3 is 1.50 bits per heavy atom. The summed E-state index contributed by atoms with van der Waals surface area (Å²) in [6.45, 7) is 6.38. The monoisotopic (exact) mass is 706 g/mol. The number of unbranched alkanes of at least 4 members (excludes halogenated alkanes) is 22. The van der Waals surface area contributed by atoms with Crippen molar-refractivity contribution in [2.24, 2.45) is 0 Å². The molecule has 0 aliphatic rings. The molecule has 0 radical (unpaired) electrons. The Morgan fingerprint density at radius 2 is 0.980 bits per heavy atom. The lowest BCUT2D eigenvalue weighted by molar-refractivity contribution is -0.151. The number of carbonyl (C=O) groups is 2. The summed E-state index contributed by atoms with van der Waals surface area (Å²) in [4.78, 5) is 25.8. The van der Waals surface area contributed by atoms with Gasteiger partial charge >= 0.3 is 5.97 Å². The van der Waals surface area contributed by atoms with Crippen LogP contribution in [0.1, 0.15) is 220 Å². The van der Waals surface area contributed by atoms with Crippen LogP contribution in [0.4, 0.5) is 0 Å². The topological polar surface area (TPSA) is 95.9 Å². The van der Waals surface area contributed by atoms with E-state index in [9.17, 15) is 19.8 Å². The predicted octanol–water partition coefficient (Wildman–Crippen LogP) is 12.0. The molecule has 3 unspecified atom stereocenters. The molecule has 3 N–H and O–H groups in total. The van der Waals surface area contributed by atoms with Crippen molar-refractivity contribution in [3.8, 4) is 0 Å². The quantitative estimate of drug-likeness (QED) is 0.0337. The number of aliphatic hydroxyl groups is 2. The van der Waals surface area contributed by atoms with Crippen molar-refractivity contribution in [1.82, 2.24) is 5.32 Å². The van der Waals surface area contributed by atoms with Gasteiger partial charge in [0.15, 0.2) is 0 Å². The Labute approximate surface area is 310 Å². The van der Waals surface area contributed by atoms with Gasteiger partial charge in [0, 0.05) is 6.42 Å². The summed E-state index contributed by atoms with van der Waals surface area (Å²) < 4.78 is 5.86. The lowest BCUT2D eigenvalue weighted by Crippen LogP contribution is -2.46. The van der Waals surface area contributed by atoms with Gasteiger partial charge < -0.3 is 20.3 Å². The first-order valence-electron chi connectivity index (χ1n) is 21.6. The first kappa shape index (κ1) is 48.3. The molecule has 0 spiro atoms. The Balaban J connectivity index is 4.59. The molecule has 6 nitrogen and oxygen atoms in total. The normalized spacial score (nSPS) is 13.6. The highest BCUT2D eigenvalue weighted by molar-refractivity contribution is 5.77. The number of allylic oxidation sites excluding steroid dienone is 4. The fraction of sp³-hybridized carbons (Fsp3) is 0.864. The van der Waals surface area contributed by atoms with E-state index in [4.69, 9.17) is 4.74 Å². The van der Waals surface area contributed by atoms with Crippen LogP contribution in [0.25, 0.3) is 0 Å². The molecule has 0 saturated carbocycles. The highest BCUT2D eigenvalue weighted by Gasteiger charge is 2.24. The zero-order chi connectivity index (χ0) is 36.8. The maximum atomic E-state index is 13.0. The third-order valence-corrected chi connectivity index (χ3v) is 9.75. The molecule has 0 bridgehead atoms. The summed E-state index contributed by atoms with van der Waals surface area (Å²) >= 11 is 0. The average molecular weight is 706 g/mol. The molecular formula is C44H83NO5. The molecule has 1 amide bonds. The number of aliphatic hydroxyl groups excluding tert-OH is 2. The van der Waals surface area contributed by atoms with Crippen LogP contribution in [-0.2, 0) is 14.3 Å². The maximum Gasteiger partial charge on any atom is 0.306 e. The van der Waals surface area contributed by atoms with Crippen LogP contribution in [0.3, 0.4) is 0 Å². The number of hydrogen-bond donors (Lipinski definition) is 3. The van der Waals surface area contributed by atoms with E-state index in [2.05, 4.69) is 50.4 Å². The Morgan fingerprint density at radius 1 is 0.560 bits per heavy atom. The average Bonchev–Trinajstić information content (AvgIpc) is 3.10. The first-order chi connectivity index (χ1) is 24.5. The van der Waals surface area contributed by atoms with Crippen LogP contribution in [0.15, 0.2) is 24.3 Å². The SMILES string of the molecule is CCCC/C=C\CCCCCC(CC(=O)NC(CO)C(O)CCCCCCCCCCC)OC(=O)CCCCC/C=C\CCCCCCCC. The Kier molecular flexibility index (Phi) is 37.3. The van der Waals surface area contributed by atoms with Gasteiger partial charge in [0.2, 0.25) is 5.91 Å². The zero-order valence-electron chi connectivity index (χ0n) is 33.3. The van der Waals surface area contributed by atoms with Gasteiger partial charge in [-0.25, -0.2) is 0 Å². The van der Waals surface area contributed by atoms with Crippen molar-refractivity contribution < 1.29 is 24.5 Å². The van der Waals surface area contributed by atoms with Crippen molar-refractivity contribution >= 4 is 11.9 Å². The second-order valence-corrected chi connectivity index (χ2v) is 14.7. The van der Waals surface area contributed by atoms with Crippen LogP contribution in [0.2, 0.25) is 0 Å². The molecule has 0 fully saturated rings. The Bertz CT molecular complexity index is 797. The van der Waals surface area contributed by atoms with Crippen molar-refractivity contribution in [2.75, 3.05) is 6.61 Å². The van der Waals surface area contributed by atoms with E-state index in [1.54, 1.807) is 0 Å². The standard InChI is InChI=1S/C44H83NO5/c1-4-7-10-13-16-19-20-21-22-25-28-31-34-37-44(49)50-40(35-32-29-26-23-17-14-11-8-5-2)38-43(48)45-41(39-46)42(47)36-33-30-27-24-18-15-12-9-6-3/h14,17,21-22,40-42,46-47H,4-13,15-16,18-20,23-39H2,1-3H3,(H,45,48)/b17-14-,22-21-. The van der Waals surface area contributed by atoms with E-state index < -0.39 is 18.2 Å². The lowest BCUT2D eigenvalue weighted by Gasteiger charge is -2.24. The molecule has 0 aromatic rings. The lowest BCUT2D eigenvalue weighted by atomic mass is 10.0. The zero-order valence-corrected chi connectivity index (χ0v) is 33.3. The summed E-state index contributed by atoms with van der Waals surface area (Å²) in [7, 11) is 0. The molecule has 0 heterocycles. The van der Waals surface area contributed by atoms with Crippen molar-refractivity contribution in [2.45, 2.75) is 238 Å². The second kappa shape index (κ2) is 38.6. The van der Waals surface area contributed by atoms with E-state index in [-0.39, 0.29) is 24.9 Å². The van der Waals surface area contributed by atoms with Gasteiger partial charge in [0.05, 0.1) is 25.2 Å². The number of hydrogen-bond acceptors (Lipinski definition) is 5. The highest BCUT2D eigenvalue weighted by Crippen LogP contribution is 2.16. The van der Waals surface area contributed by atoms with Gasteiger partial charge in [-0.2, -0.15) is 0 Å². The van der Waals surface area contributed by atoms with Crippen LogP contribution in [-0.4, -0.2) is 46.9 Å². The molecule has 0 aromatic heterocycles. The fourth-order valence-electron chi connectivity index (χ4n) is 6.40. The second-order valence-electron chi connectivity index (χ2n) is 14.7. The van der Waals surface area contributed by atoms with Gasteiger partial charge in [-0.3, -0.25) is 9.59 Å². The number of amides is 1. The van der Waals surface area contributed by atoms with Gasteiger partial charge in [-0.1, -0.05) is 161 Å². The molecule has 50 heavy (non-hydrogen) atoms. The summed E-state index contributed by atoms with van der Waals surface area (Å²) in [5.41, 5.74) is 0. The number of nitrogens with one attached hydrogen (secondary N) is 1. The van der Waals surface area contributed by atoms with Crippen LogP contribution < -0.4 is 5.32 Å². The van der Waals surface area contributed by atoms with Crippen molar-refractivity contribution in [1.29, 1.82) is 0 Å². The number of rotatable bonds is 38. The molecule has 294 valence electrons. The molecule has 0 aliphatic carbocycles. The van der Waals surface area contributed by atoms with E-state index in [1.807, 2.05) is 0 Å². The molecule has 0 aliphatic heterocycles. The largest absolute Gasteiger partial charge is 0.462 e. The van der Waals surface area contributed by atoms with Crippen molar-refractivity contribution in [3.63, 3.8) is 0 Å². The molecule has 3 atom stereocenters. The van der Waals surface area contributed by atoms with E-state index >= 15 is 0 Å². The first-order valence-corrected chi connectivity index (χ1v) is 21.6. The highest BCUT2D eigenvalue weighted by atomic mass is 16.5. The molecule has 0 saturated heterocycles. The maximum absolute atomic E-state index is 13.0. The van der Waals surface area contributed by atoms with Crippen LogP contribution in [0, 0.1) is 0 Å². The molecular weight excluding hydrogens is 622 g/mol.